The Kier molecular flexibility index (Phi) is 3.77. The molecule has 0 unspecified atom stereocenters. The van der Waals surface area contributed by atoms with Gasteiger partial charge >= 0.3 is 5.97 Å². The number of imidazole rings is 1. The quantitative estimate of drug-likeness (QED) is 0.879. The van der Waals surface area contributed by atoms with Crippen LogP contribution in [0, 0.1) is 0 Å². The first kappa shape index (κ1) is 12.4. The molecule has 94 valence electrons. The summed E-state index contributed by atoms with van der Waals surface area (Å²) < 4.78 is 1.87. The van der Waals surface area contributed by atoms with Gasteiger partial charge in [-0.2, -0.15) is 0 Å². The number of nitrogens with zero attached hydrogens (tertiary/aromatic N) is 2. The van der Waals surface area contributed by atoms with Crippen molar-refractivity contribution < 1.29 is 9.90 Å². The van der Waals surface area contributed by atoms with Gasteiger partial charge < -0.3 is 9.67 Å². The lowest BCUT2D eigenvalue weighted by atomic mass is 10.1. The van der Waals surface area contributed by atoms with Crippen molar-refractivity contribution in [3.8, 4) is 11.3 Å². The fourth-order valence-corrected chi connectivity index (χ4v) is 1.87. The van der Waals surface area contributed by atoms with Crippen LogP contribution in [0.25, 0.3) is 11.3 Å². The molecule has 4 heteroatoms. The summed E-state index contributed by atoms with van der Waals surface area (Å²) in [6, 6.07) is 8.27. The van der Waals surface area contributed by atoms with Crippen LogP contribution in [0.1, 0.15) is 18.9 Å². The average Bonchev–Trinajstić information content (AvgIpc) is 2.85. The number of hydrogen-bond donors (Lipinski definition) is 1. The predicted octanol–water partition coefficient (Wildman–Crippen LogP) is 2.59. The number of aliphatic carboxylic acids is 1. The monoisotopic (exact) mass is 244 g/mol. The molecule has 0 aliphatic rings. The van der Waals surface area contributed by atoms with E-state index in [4.69, 9.17) is 5.11 Å². The van der Waals surface area contributed by atoms with Crippen LogP contribution in [-0.4, -0.2) is 20.6 Å². The van der Waals surface area contributed by atoms with Crippen LogP contribution in [0.15, 0.2) is 36.8 Å². The minimum absolute atomic E-state index is 0.108. The predicted molar refractivity (Wildman–Crippen MR) is 69.3 cm³/mol. The summed E-state index contributed by atoms with van der Waals surface area (Å²) >= 11 is 0. The van der Waals surface area contributed by atoms with E-state index in [9.17, 15) is 4.79 Å². The summed E-state index contributed by atoms with van der Waals surface area (Å²) in [5, 5.41) is 8.71. The lowest BCUT2D eigenvalue weighted by Gasteiger charge is -2.07. The first-order chi connectivity index (χ1) is 8.70. The Morgan fingerprint density at radius 3 is 2.67 bits per heavy atom. The molecule has 0 atom stereocenters. The largest absolute Gasteiger partial charge is 0.481 e. The summed E-state index contributed by atoms with van der Waals surface area (Å²) in [5.41, 5.74) is 3.31. The van der Waals surface area contributed by atoms with Gasteiger partial charge in [-0.05, 0) is 17.5 Å². The first-order valence-corrected chi connectivity index (χ1v) is 6.02. The smallest absolute Gasteiger partial charge is 0.305 e. The van der Waals surface area contributed by atoms with Crippen molar-refractivity contribution in [3.63, 3.8) is 0 Å². The maximum absolute atomic E-state index is 10.6. The van der Waals surface area contributed by atoms with E-state index in [0.29, 0.717) is 6.54 Å². The lowest BCUT2D eigenvalue weighted by molar-refractivity contribution is -0.137. The maximum atomic E-state index is 10.6. The molecule has 1 heterocycles. The first-order valence-electron chi connectivity index (χ1n) is 6.02. The molecule has 1 N–H and O–H groups in total. The van der Waals surface area contributed by atoms with E-state index in [-0.39, 0.29) is 6.42 Å². The van der Waals surface area contributed by atoms with Gasteiger partial charge in [0.05, 0.1) is 24.6 Å². The molecule has 2 aromatic rings. The van der Waals surface area contributed by atoms with Crippen molar-refractivity contribution in [2.24, 2.45) is 0 Å². The Morgan fingerprint density at radius 1 is 1.33 bits per heavy atom. The topological polar surface area (TPSA) is 55.1 Å². The normalized spacial score (nSPS) is 10.5. The second-order valence-electron chi connectivity index (χ2n) is 4.17. The van der Waals surface area contributed by atoms with Crippen molar-refractivity contribution in [2.75, 3.05) is 0 Å². The van der Waals surface area contributed by atoms with Gasteiger partial charge in [0.15, 0.2) is 0 Å². The van der Waals surface area contributed by atoms with Gasteiger partial charge in [-0.25, -0.2) is 4.98 Å². The number of benzene rings is 1. The number of aromatic nitrogens is 2. The fraction of sp³-hybridized carbons (Fsp3) is 0.286. The molecule has 0 saturated carbocycles. The molecule has 2 rings (SSSR count). The number of hydrogen-bond acceptors (Lipinski definition) is 2. The Morgan fingerprint density at radius 2 is 2.06 bits per heavy atom. The van der Waals surface area contributed by atoms with E-state index < -0.39 is 5.97 Å². The van der Waals surface area contributed by atoms with Gasteiger partial charge in [-0.1, -0.05) is 31.2 Å². The summed E-state index contributed by atoms with van der Waals surface area (Å²) in [5.74, 6) is -0.795. The second kappa shape index (κ2) is 5.49. The SMILES string of the molecule is CCc1ccc(-c2cncn2CCC(=O)O)cc1. The van der Waals surface area contributed by atoms with Crippen molar-refractivity contribution in [1.82, 2.24) is 9.55 Å². The van der Waals surface area contributed by atoms with E-state index in [1.54, 1.807) is 12.5 Å². The standard InChI is InChI=1S/C14H16N2O2/c1-2-11-3-5-12(6-4-11)13-9-15-10-16(13)8-7-14(17)18/h3-6,9-10H,2,7-8H2,1H3,(H,17,18). The number of aryl methyl sites for hydroxylation is 2. The van der Waals surface area contributed by atoms with E-state index >= 15 is 0 Å². The number of carboxylic acid groups (broad SMARTS) is 1. The third-order valence-corrected chi connectivity index (χ3v) is 2.94. The van der Waals surface area contributed by atoms with E-state index in [1.807, 2.05) is 16.7 Å². The molecule has 0 spiro atoms. The molecule has 0 fully saturated rings. The highest BCUT2D eigenvalue weighted by Gasteiger charge is 2.06. The van der Waals surface area contributed by atoms with Gasteiger partial charge in [0, 0.05) is 6.54 Å². The summed E-state index contributed by atoms with van der Waals surface area (Å²) in [4.78, 5) is 14.7. The van der Waals surface area contributed by atoms with Crippen LogP contribution in [0.3, 0.4) is 0 Å². The van der Waals surface area contributed by atoms with Gasteiger partial charge in [-0.3, -0.25) is 4.79 Å². The fourth-order valence-electron chi connectivity index (χ4n) is 1.87. The Bertz CT molecular complexity index is 529. The third-order valence-electron chi connectivity index (χ3n) is 2.94. The van der Waals surface area contributed by atoms with E-state index in [2.05, 4.69) is 24.0 Å². The van der Waals surface area contributed by atoms with Crippen LogP contribution < -0.4 is 0 Å². The van der Waals surface area contributed by atoms with E-state index in [1.165, 1.54) is 5.56 Å². The third kappa shape index (κ3) is 2.77. The molecule has 4 nitrogen and oxygen atoms in total. The second-order valence-corrected chi connectivity index (χ2v) is 4.17. The molecule has 1 aromatic carbocycles. The highest BCUT2D eigenvalue weighted by molar-refractivity contribution is 5.67. The molecule has 0 amide bonds. The molecular weight excluding hydrogens is 228 g/mol. The molecule has 0 aliphatic carbocycles. The average molecular weight is 244 g/mol. The van der Waals surface area contributed by atoms with Crippen LogP contribution in [0.5, 0.6) is 0 Å². The zero-order valence-corrected chi connectivity index (χ0v) is 10.3. The molecule has 0 radical (unpaired) electrons. The molecular formula is C14H16N2O2. The van der Waals surface area contributed by atoms with Crippen LogP contribution >= 0.6 is 0 Å². The Labute approximate surface area is 106 Å². The zero-order valence-electron chi connectivity index (χ0n) is 10.3. The summed E-state index contributed by atoms with van der Waals surface area (Å²) in [7, 11) is 0. The van der Waals surface area contributed by atoms with Gasteiger partial charge in [-0.15, -0.1) is 0 Å². The minimum atomic E-state index is -0.795. The van der Waals surface area contributed by atoms with Gasteiger partial charge in [0.1, 0.15) is 0 Å². The lowest BCUT2D eigenvalue weighted by Crippen LogP contribution is -2.04. The molecule has 0 aliphatic heterocycles. The van der Waals surface area contributed by atoms with Crippen LogP contribution in [0.4, 0.5) is 0 Å². The van der Waals surface area contributed by atoms with Crippen LogP contribution in [-0.2, 0) is 17.8 Å². The van der Waals surface area contributed by atoms with Crippen molar-refractivity contribution >= 4 is 5.97 Å². The van der Waals surface area contributed by atoms with E-state index in [0.717, 1.165) is 17.7 Å². The Balaban J connectivity index is 2.21. The minimum Gasteiger partial charge on any atom is -0.481 e. The van der Waals surface area contributed by atoms with Crippen molar-refractivity contribution in [3.05, 3.63) is 42.4 Å². The number of carboxylic acids is 1. The van der Waals surface area contributed by atoms with Gasteiger partial charge in [0.2, 0.25) is 0 Å². The Hall–Kier alpha value is -2.10. The molecule has 1 aromatic heterocycles. The highest BCUT2D eigenvalue weighted by Crippen LogP contribution is 2.20. The van der Waals surface area contributed by atoms with Crippen LogP contribution in [0.2, 0.25) is 0 Å². The number of carbonyl (C=O) groups is 1. The van der Waals surface area contributed by atoms with Crippen molar-refractivity contribution in [2.45, 2.75) is 26.3 Å². The zero-order chi connectivity index (χ0) is 13.0. The maximum Gasteiger partial charge on any atom is 0.305 e. The highest BCUT2D eigenvalue weighted by atomic mass is 16.4. The van der Waals surface area contributed by atoms with Crippen molar-refractivity contribution in [1.29, 1.82) is 0 Å². The number of rotatable bonds is 5. The molecule has 0 saturated heterocycles. The molecule has 18 heavy (non-hydrogen) atoms. The van der Waals surface area contributed by atoms with Gasteiger partial charge in [0.25, 0.3) is 0 Å². The summed E-state index contributed by atoms with van der Waals surface area (Å²) in [6.45, 7) is 2.56. The molecule has 0 bridgehead atoms. The summed E-state index contributed by atoms with van der Waals surface area (Å²) in [6.07, 6.45) is 4.56.